The van der Waals surface area contributed by atoms with Gasteiger partial charge in [0.05, 0.1) is 13.0 Å². The van der Waals surface area contributed by atoms with Gasteiger partial charge in [-0.25, -0.2) is 0 Å². The van der Waals surface area contributed by atoms with Crippen LogP contribution in [0.15, 0.2) is 0 Å². The molecule has 0 saturated carbocycles. The molecule has 2 aliphatic rings. The Kier molecular flexibility index (Phi) is 8.94. The highest BCUT2D eigenvalue weighted by Crippen LogP contribution is 2.14. The number of piperidine rings is 1. The number of piperazine rings is 1. The lowest BCUT2D eigenvalue weighted by molar-refractivity contribution is -0.144. The molecule has 0 radical (unpaired) electrons. The van der Waals surface area contributed by atoms with Gasteiger partial charge in [-0.2, -0.15) is 0 Å². The third-order valence-electron chi connectivity index (χ3n) is 5.11. The van der Waals surface area contributed by atoms with Gasteiger partial charge < -0.3 is 19.9 Å². The van der Waals surface area contributed by atoms with Crippen LogP contribution in [0.5, 0.6) is 0 Å². The van der Waals surface area contributed by atoms with Crippen LogP contribution >= 0.6 is 0 Å². The first-order chi connectivity index (χ1) is 11.3. The van der Waals surface area contributed by atoms with Gasteiger partial charge in [0, 0.05) is 32.7 Å². The van der Waals surface area contributed by atoms with Crippen molar-refractivity contribution in [3.05, 3.63) is 0 Å². The van der Waals surface area contributed by atoms with E-state index in [1.807, 2.05) is 0 Å². The second-order valence-corrected chi connectivity index (χ2v) is 7.01. The minimum absolute atomic E-state index is 0.0258. The minimum Gasteiger partial charge on any atom is -0.466 e. The van der Waals surface area contributed by atoms with E-state index in [1.165, 1.54) is 32.2 Å². The standard InChI is InChI=1S/C18H35N3O2/c1-2-3-9-20-11-13-21(14-12-20)10-6-18(22)23-15-7-17-5-4-8-19-16-17/h17,19H,2-16H2,1H3. The fraction of sp³-hybridized carbons (Fsp3) is 0.944. The fourth-order valence-electron chi connectivity index (χ4n) is 3.45. The summed E-state index contributed by atoms with van der Waals surface area (Å²) in [6, 6.07) is 0. The van der Waals surface area contributed by atoms with Gasteiger partial charge in [0.1, 0.15) is 0 Å². The van der Waals surface area contributed by atoms with Crippen molar-refractivity contribution in [3.8, 4) is 0 Å². The summed E-state index contributed by atoms with van der Waals surface area (Å²) in [6.07, 6.45) is 6.63. The summed E-state index contributed by atoms with van der Waals surface area (Å²) in [6.45, 7) is 11.6. The summed E-state index contributed by atoms with van der Waals surface area (Å²) >= 11 is 0. The highest BCUT2D eigenvalue weighted by Gasteiger charge is 2.18. The third-order valence-corrected chi connectivity index (χ3v) is 5.11. The van der Waals surface area contributed by atoms with E-state index >= 15 is 0 Å². The summed E-state index contributed by atoms with van der Waals surface area (Å²) in [5, 5.41) is 3.41. The molecule has 0 aromatic carbocycles. The Morgan fingerprint density at radius 1 is 1.17 bits per heavy atom. The summed E-state index contributed by atoms with van der Waals surface area (Å²) in [7, 11) is 0. The van der Waals surface area contributed by atoms with Gasteiger partial charge in [-0.05, 0) is 51.2 Å². The molecule has 5 nitrogen and oxygen atoms in total. The van der Waals surface area contributed by atoms with Crippen molar-refractivity contribution in [2.45, 2.75) is 45.4 Å². The van der Waals surface area contributed by atoms with Crippen LogP contribution in [-0.2, 0) is 9.53 Å². The van der Waals surface area contributed by atoms with Crippen LogP contribution in [0, 0.1) is 5.92 Å². The molecular weight excluding hydrogens is 290 g/mol. The maximum Gasteiger partial charge on any atom is 0.307 e. The number of ether oxygens (including phenoxy) is 1. The van der Waals surface area contributed by atoms with Crippen LogP contribution in [0.1, 0.15) is 45.4 Å². The maximum absolute atomic E-state index is 11.9. The van der Waals surface area contributed by atoms with Crippen LogP contribution < -0.4 is 5.32 Å². The topological polar surface area (TPSA) is 44.8 Å². The Morgan fingerprint density at radius 3 is 2.57 bits per heavy atom. The summed E-state index contributed by atoms with van der Waals surface area (Å²) in [4.78, 5) is 16.8. The molecule has 23 heavy (non-hydrogen) atoms. The van der Waals surface area contributed by atoms with Gasteiger partial charge in [-0.3, -0.25) is 4.79 Å². The number of hydrogen-bond donors (Lipinski definition) is 1. The molecule has 0 aromatic rings. The zero-order valence-corrected chi connectivity index (χ0v) is 14.9. The molecule has 134 valence electrons. The molecule has 0 bridgehead atoms. The summed E-state index contributed by atoms with van der Waals surface area (Å²) in [5.74, 6) is 0.662. The van der Waals surface area contributed by atoms with Crippen LogP contribution in [0.2, 0.25) is 0 Å². The lowest BCUT2D eigenvalue weighted by atomic mass is 9.97. The highest BCUT2D eigenvalue weighted by atomic mass is 16.5. The van der Waals surface area contributed by atoms with Crippen LogP contribution in [0.25, 0.3) is 0 Å². The molecule has 0 aliphatic carbocycles. The molecule has 2 heterocycles. The average molecular weight is 325 g/mol. The van der Waals surface area contributed by atoms with Crippen molar-refractivity contribution in [1.82, 2.24) is 15.1 Å². The van der Waals surface area contributed by atoms with Gasteiger partial charge >= 0.3 is 5.97 Å². The lowest BCUT2D eigenvalue weighted by Crippen LogP contribution is -2.47. The largest absolute Gasteiger partial charge is 0.466 e. The number of unbranched alkanes of at least 4 members (excludes halogenated alkanes) is 1. The SMILES string of the molecule is CCCCN1CCN(CCC(=O)OCCC2CCCNC2)CC1. The zero-order valence-electron chi connectivity index (χ0n) is 14.9. The summed E-state index contributed by atoms with van der Waals surface area (Å²) in [5.41, 5.74) is 0. The van der Waals surface area contributed by atoms with E-state index in [0.717, 1.165) is 52.2 Å². The van der Waals surface area contributed by atoms with Crippen molar-refractivity contribution < 1.29 is 9.53 Å². The van der Waals surface area contributed by atoms with Crippen LogP contribution in [-0.4, -0.2) is 74.7 Å². The maximum atomic E-state index is 11.9. The number of carbonyl (C=O) groups excluding carboxylic acids is 1. The molecule has 1 unspecified atom stereocenters. The van der Waals surface area contributed by atoms with Crippen LogP contribution in [0.4, 0.5) is 0 Å². The number of nitrogens with zero attached hydrogens (tertiary/aromatic N) is 2. The first kappa shape index (κ1) is 18.7. The smallest absolute Gasteiger partial charge is 0.307 e. The molecule has 0 spiro atoms. The Bertz CT molecular complexity index is 324. The molecule has 0 amide bonds. The van der Waals surface area contributed by atoms with Crippen molar-refractivity contribution in [1.29, 1.82) is 0 Å². The number of carbonyl (C=O) groups is 1. The molecule has 2 fully saturated rings. The number of esters is 1. The van der Waals surface area contributed by atoms with E-state index in [0.29, 0.717) is 18.9 Å². The Balaban J connectivity index is 1.48. The van der Waals surface area contributed by atoms with E-state index in [9.17, 15) is 4.79 Å². The fourth-order valence-corrected chi connectivity index (χ4v) is 3.45. The third kappa shape index (κ3) is 7.64. The van der Waals surface area contributed by atoms with Crippen molar-refractivity contribution in [2.24, 2.45) is 5.92 Å². The predicted molar refractivity (Wildman–Crippen MR) is 93.6 cm³/mol. The Hall–Kier alpha value is -0.650. The lowest BCUT2D eigenvalue weighted by Gasteiger charge is -2.34. The molecule has 2 rings (SSSR count). The number of rotatable bonds is 9. The minimum atomic E-state index is -0.0258. The summed E-state index contributed by atoms with van der Waals surface area (Å²) < 4.78 is 5.41. The molecule has 0 aromatic heterocycles. The first-order valence-electron chi connectivity index (χ1n) is 9.59. The second-order valence-electron chi connectivity index (χ2n) is 7.01. The van der Waals surface area contributed by atoms with E-state index in [2.05, 4.69) is 22.0 Å². The quantitative estimate of drug-likeness (QED) is 0.654. The Labute approximate surface area is 141 Å². The monoisotopic (exact) mass is 325 g/mol. The van der Waals surface area contributed by atoms with Gasteiger partial charge in [-0.15, -0.1) is 0 Å². The normalized spacial score (nSPS) is 23.8. The molecule has 1 atom stereocenters. The van der Waals surface area contributed by atoms with E-state index in [-0.39, 0.29) is 5.97 Å². The predicted octanol–water partition coefficient (Wildman–Crippen LogP) is 1.73. The number of hydrogen-bond acceptors (Lipinski definition) is 5. The molecular formula is C18H35N3O2. The van der Waals surface area contributed by atoms with Gasteiger partial charge in [0.2, 0.25) is 0 Å². The Morgan fingerprint density at radius 2 is 1.91 bits per heavy atom. The van der Waals surface area contributed by atoms with Crippen molar-refractivity contribution >= 4 is 5.97 Å². The van der Waals surface area contributed by atoms with Crippen molar-refractivity contribution in [3.63, 3.8) is 0 Å². The van der Waals surface area contributed by atoms with Crippen molar-refractivity contribution in [2.75, 3.05) is 59.0 Å². The van der Waals surface area contributed by atoms with E-state index < -0.39 is 0 Å². The van der Waals surface area contributed by atoms with Gasteiger partial charge in [0.25, 0.3) is 0 Å². The van der Waals surface area contributed by atoms with E-state index in [4.69, 9.17) is 4.74 Å². The molecule has 1 N–H and O–H groups in total. The molecule has 2 aliphatic heterocycles. The van der Waals surface area contributed by atoms with Gasteiger partial charge in [-0.1, -0.05) is 13.3 Å². The van der Waals surface area contributed by atoms with Crippen LogP contribution in [0.3, 0.4) is 0 Å². The first-order valence-corrected chi connectivity index (χ1v) is 9.59. The van der Waals surface area contributed by atoms with E-state index in [1.54, 1.807) is 0 Å². The molecule has 5 heteroatoms. The second kappa shape index (κ2) is 11.0. The average Bonchev–Trinajstić information content (AvgIpc) is 2.60. The zero-order chi connectivity index (χ0) is 16.3. The molecule has 2 saturated heterocycles. The highest BCUT2D eigenvalue weighted by molar-refractivity contribution is 5.69. The van der Waals surface area contributed by atoms with Gasteiger partial charge in [0.15, 0.2) is 0 Å². The number of nitrogens with one attached hydrogen (secondary N) is 1.